The molecule has 0 unspecified atom stereocenters. The van der Waals surface area contributed by atoms with Crippen molar-refractivity contribution in [1.82, 2.24) is 0 Å². The predicted molar refractivity (Wildman–Crippen MR) is 106 cm³/mol. The molecule has 0 bridgehead atoms. The largest absolute Gasteiger partial charge is 0.328 e. The van der Waals surface area contributed by atoms with Gasteiger partial charge in [-0.15, -0.1) is 0 Å². The molecule has 0 radical (unpaired) electrons. The summed E-state index contributed by atoms with van der Waals surface area (Å²) in [5.41, 5.74) is 3.33. The number of hydrogen-bond donors (Lipinski definition) is 2. The van der Waals surface area contributed by atoms with Crippen LogP contribution in [-0.2, 0) is 9.94 Å². The van der Waals surface area contributed by atoms with Crippen LogP contribution < -0.4 is 0 Å². The Labute approximate surface area is 155 Å². The maximum Gasteiger partial charge on any atom is 0.327 e. The van der Waals surface area contributed by atoms with Crippen molar-refractivity contribution in [3.05, 3.63) is 108 Å². The van der Waals surface area contributed by atoms with E-state index in [1.165, 1.54) is 16.7 Å². The molecule has 0 aliphatic rings. The molecule has 0 saturated carbocycles. The standard InChI is InChI=1S/C22H23O3P/c23-26(24)25-18-10-17-22(19-11-4-1-5-12-19,20-13-6-2-7-14-20)21-15-8-3-9-16-21/h1-9,11-16,23-24H,10,17-18H2. The average molecular weight is 366 g/mol. The van der Waals surface area contributed by atoms with Crippen LogP contribution in [-0.4, -0.2) is 16.4 Å². The maximum absolute atomic E-state index is 9.03. The van der Waals surface area contributed by atoms with Gasteiger partial charge in [-0.2, -0.15) is 0 Å². The summed E-state index contributed by atoms with van der Waals surface area (Å²) < 4.78 is 5.02. The van der Waals surface area contributed by atoms with Crippen LogP contribution in [0.5, 0.6) is 0 Å². The molecule has 0 aliphatic carbocycles. The van der Waals surface area contributed by atoms with Gasteiger partial charge in [-0.05, 0) is 29.5 Å². The molecule has 26 heavy (non-hydrogen) atoms. The van der Waals surface area contributed by atoms with Crippen LogP contribution in [0.25, 0.3) is 0 Å². The van der Waals surface area contributed by atoms with Gasteiger partial charge in [0.2, 0.25) is 0 Å². The molecule has 2 N–H and O–H groups in total. The van der Waals surface area contributed by atoms with Crippen molar-refractivity contribution in [2.24, 2.45) is 0 Å². The fourth-order valence-electron chi connectivity index (χ4n) is 3.58. The van der Waals surface area contributed by atoms with Gasteiger partial charge in [0.15, 0.2) is 0 Å². The van der Waals surface area contributed by atoms with E-state index in [-0.39, 0.29) is 5.41 Å². The Morgan fingerprint density at radius 3 is 1.38 bits per heavy atom. The third-order valence-corrected chi connectivity index (χ3v) is 5.12. The van der Waals surface area contributed by atoms with Crippen LogP contribution in [0.3, 0.4) is 0 Å². The fraction of sp³-hybridized carbons (Fsp3) is 0.182. The van der Waals surface area contributed by atoms with E-state index in [0.717, 1.165) is 6.42 Å². The molecule has 0 fully saturated rings. The number of hydrogen-bond acceptors (Lipinski definition) is 3. The molecular formula is C22H23O3P. The van der Waals surface area contributed by atoms with Crippen molar-refractivity contribution in [3.63, 3.8) is 0 Å². The van der Waals surface area contributed by atoms with Crippen molar-refractivity contribution in [3.8, 4) is 0 Å². The van der Waals surface area contributed by atoms with E-state index in [2.05, 4.69) is 72.8 Å². The minimum Gasteiger partial charge on any atom is -0.328 e. The summed E-state index contributed by atoms with van der Waals surface area (Å²) in [7, 11) is -2.31. The minimum atomic E-state index is -2.31. The highest BCUT2D eigenvalue weighted by molar-refractivity contribution is 7.39. The highest BCUT2D eigenvalue weighted by atomic mass is 31.2. The Morgan fingerprint density at radius 1 is 0.654 bits per heavy atom. The molecular weight excluding hydrogens is 343 g/mol. The molecule has 0 aromatic heterocycles. The molecule has 3 aromatic carbocycles. The molecule has 4 heteroatoms. The summed E-state index contributed by atoms with van der Waals surface area (Å²) in [5, 5.41) is 0. The van der Waals surface area contributed by atoms with Crippen LogP contribution in [0.2, 0.25) is 0 Å². The highest BCUT2D eigenvalue weighted by Crippen LogP contribution is 2.43. The van der Waals surface area contributed by atoms with E-state index in [1.807, 2.05) is 18.2 Å². The Hall–Kier alpha value is -2.03. The molecule has 3 rings (SSSR count). The van der Waals surface area contributed by atoms with Gasteiger partial charge in [0, 0.05) is 5.41 Å². The number of benzene rings is 3. The van der Waals surface area contributed by atoms with Crippen molar-refractivity contribution >= 4 is 8.60 Å². The van der Waals surface area contributed by atoms with Crippen LogP contribution in [0.1, 0.15) is 29.5 Å². The van der Waals surface area contributed by atoms with Crippen LogP contribution in [0, 0.1) is 0 Å². The zero-order valence-corrected chi connectivity index (χ0v) is 15.4. The van der Waals surface area contributed by atoms with Gasteiger partial charge >= 0.3 is 8.60 Å². The van der Waals surface area contributed by atoms with Gasteiger partial charge in [0.05, 0.1) is 6.61 Å². The van der Waals surface area contributed by atoms with E-state index in [9.17, 15) is 0 Å². The normalized spacial score (nSPS) is 11.7. The van der Waals surface area contributed by atoms with Gasteiger partial charge < -0.3 is 14.3 Å². The second-order valence-electron chi connectivity index (χ2n) is 6.19. The van der Waals surface area contributed by atoms with Crippen LogP contribution in [0.4, 0.5) is 0 Å². The molecule has 0 amide bonds. The first-order chi connectivity index (χ1) is 12.7. The lowest BCUT2D eigenvalue weighted by molar-refractivity contribution is 0.244. The summed E-state index contributed by atoms with van der Waals surface area (Å²) >= 11 is 0. The van der Waals surface area contributed by atoms with E-state index >= 15 is 0 Å². The van der Waals surface area contributed by atoms with Gasteiger partial charge in [-0.3, -0.25) is 0 Å². The summed E-state index contributed by atoms with van der Waals surface area (Å²) in [6, 6.07) is 31.4. The highest BCUT2D eigenvalue weighted by Gasteiger charge is 2.35. The predicted octanol–water partition coefficient (Wildman–Crippen LogP) is 5.03. The molecule has 0 atom stereocenters. The number of rotatable bonds is 8. The average Bonchev–Trinajstić information content (AvgIpc) is 2.70. The SMILES string of the molecule is OP(O)OCCCC(c1ccccc1)(c1ccccc1)c1ccccc1. The first-order valence-electron chi connectivity index (χ1n) is 8.71. The van der Waals surface area contributed by atoms with Gasteiger partial charge in [0.25, 0.3) is 0 Å². The van der Waals surface area contributed by atoms with E-state index < -0.39 is 8.60 Å². The van der Waals surface area contributed by atoms with E-state index in [1.54, 1.807) is 0 Å². The quantitative estimate of drug-likeness (QED) is 0.334. The van der Waals surface area contributed by atoms with Crippen molar-refractivity contribution < 1.29 is 14.3 Å². The second-order valence-corrected chi connectivity index (χ2v) is 6.96. The Kier molecular flexibility index (Phi) is 6.54. The topological polar surface area (TPSA) is 49.7 Å². The van der Waals surface area contributed by atoms with Crippen molar-refractivity contribution in [2.45, 2.75) is 18.3 Å². The Bertz CT molecular complexity index is 680. The van der Waals surface area contributed by atoms with E-state index in [0.29, 0.717) is 13.0 Å². The third kappa shape index (κ3) is 4.20. The van der Waals surface area contributed by atoms with Crippen LogP contribution in [0.15, 0.2) is 91.0 Å². The van der Waals surface area contributed by atoms with Gasteiger partial charge in [0.1, 0.15) is 0 Å². The molecule has 3 nitrogen and oxygen atoms in total. The first kappa shape index (κ1) is 18.8. The van der Waals surface area contributed by atoms with Gasteiger partial charge in [-0.25, -0.2) is 0 Å². The second kappa shape index (κ2) is 9.07. The smallest absolute Gasteiger partial charge is 0.327 e. The lowest BCUT2D eigenvalue weighted by Crippen LogP contribution is -2.29. The van der Waals surface area contributed by atoms with E-state index in [4.69, 9.17) is 14.3 Å². The fourth-order valence-corrected chi connectivity index (χ4v) is 3.88. The summed E-state index contributed by atoms with van der Waals surface area (Å²) in [4.78, 5) is 18.1. The zero-order chi connectivity index (χ0) is 18.2. The summed E-state index contributed by atoms with van der Waals surface area (Å²) in [5.74, 6) is 0. The lowest BCUT2D eigenvalue weighted by Gasteiger charge is -2.36. The Balaban J connectivity index is 2.09. The lowest BCUT2D eigenvalue weighted by atomic mass is 9.67. The summed E-state index contributed by atoms with van der Waals surface area (Å²) in [6.45, 7) is 0.312. The minimum absolute atomic E-state index is 0.312. The molecule has 0 heterocycles. The van der Waals surface area contributed by atoms with Crippen molar-refractivity contribution in [2.75, 3.05) is 6.61 Å². The first-order valence-corrected chi connectivity index (χ1v) is 9.87. The van der Waals surface area contributed by atoms with Crippen molar-refractivity contribution in [1.29, 1.82) is 0 Å². The van der Waals surface area contributed by atoms with Crippen LogP contribution >= 0.6 is 8.60 Å². The molecule has 0 aliphatic heterocycles. The molecule has 0 spiro atoms. The Morgan fingerprint density at radius 2 is 1.04 bits per heavy atom. The third-order valence-electron chi connectivity index (χ3n) is 4.70. The molecule has 134 valence electrons. The van der Waals surface area contributed by atoms with Gasteiger partial charge in [-0.1, -0.05) is 91.0 Å². The summed E-state index contributed by atoms with van der Waals surface area (Å²) in [6.07, 6.45) is 1.51. The zero-order valence-electron chi connectivity index (χ0n) is 14.5. The molecule has 0 saturated heterocycles. The monoisotopic (exact) mass is 366 g/mol. The maximum atomic E-state index is 9.03. The molecule has 3 aromatic rings.